The molecule has 6 aromatic carbocycles. The number of carbonyl (C=O) groups is 3. The summed E-state index contributed by atoms with van der Waals surface area (Å²) in [5, 5.41) is 25.9. The summed E-state index contributed by atoms with van der Waals surface area (Å²) in [6.07, 6.45) is 0. The zero-order valence-corrected chi connectivity index (χ0v) is 52.3. The molecule has 6 N–H and O–H groups in total. The van der Waals surface area contributed by atoms with Gasteiger partial charge in [-0.05, 0) is 93.6 Å². The van der Waals surface area contributed by atoms with Crippen LogP contribution in [0.25, 0.3) is 33.4 Å². The molecular formula is C52H42N6Na4O11S2. The zero-order valence-electron chi connectivity index (χ0n) is 42.7. The Morgan fingerprint density at radius 2 is 1.17 bits per heavy atom. The normalized spacial score (nSPS) is 11.3. The second-order valence-electron chi connectivity index (χ2n) is 16.6. The van der Waals surface area contributed by atoms with Crippen molar-refractivity contribution in [3.8, 4) is 22.5 Å². The molecular weight excluding hydrogens is 1040 g/mol. The number of anilines is 6. The molecule has 0 saturated carbocycles. The average molecular weight is 1080 g/mol. The Hall–Kier alpha value is -4.36. The second kappa shape index (κ2) is 25.9. The number of para-hydroxylation sites is 2. The molecule has 1 heterocycles. The molecule has 23 heteroatoms. The van der Waals surface area contributed by atoms with Gasteiger partial charge >= 0.3 is 130 Å². The molecule has 0 bridgehead atoms. The number of urea groups is 2. The quantitative estimate of drug-likeness (QED) is 0.0309. The van der Waals surface area contributed by atoms with Crippen molar-refractivity contribution in [1.29, 1.82) is 0 Å². The molecule has 362 valence electrons. The molecule has 75 heavy (non-hydrogen) atoms. The summed E-state index contributed by atoms with van der Waals surface area (Å²) in [5.41, 5.74) is 6.11. The number of fused-ring (bicyclic) bond motifs is 2. The second-order valence-corrected chi connectivity index (χ2v) is 19.3. The minimum absolute atomic E-state index is 0. The van der Waals surface area contributed by atoms with Gasteiger partial charge in [-0.3, -0.25) is 0 Å². The van der Waals surface area contributed by atoms with Crippen molar-refractivity contribution < 1.29 is 173 Å². The maximum absolute atomic E-state index is 13.3. The van der Waals surface area contributed by atoms with E-state index >= 15 is 0 Å². The summed E-state index contributed by atoms with van der Waals surface area (Å²) < 4.78 is 84.6. The van der Waals surface area contributed by atoms with E-state index in [1.54, 1.807) is 57.2 Å². The Morgan fingerprint density at radius 1 is 0.587 bits per heavy atom. The number of nitrogens with one attached hydrogen (secondary N) is 6. The van der Waals surface area contributed by atoms with E-state index in [4.69, 9.17) is 4.42 Å². The fourth-order valence-corrected chi connectivity index (χ4v) is 9.92. The predicted octanol–water partition coefficient (Wildman–Crippen LogP) is -4.81. The van der Waals surface area contributed by atoms with Crippen LogP contribution in [0.5, 0.6) is 0 Å². The van der Waals surface area contributed by atoms with Crippen molar-refractivity contribution >= 4 is 89.0 Å². The van der Waals surface area contributed by atoms with Gasteiger partial charge < -0.3 is 50.0 Å². The van der Waals surface area contributed by atoms with Crippen LogP contribution in [0.15, 0.2) is 123 Å². The Bertz CT molecular complexity index is 3800. The van der Waals surface area contributed by atoms with E-state index in [1.165, 1.54) is 54.6 Å². The monoisotopic (exact) mass is 1080 g/mol. The average Bonchev–Trinajstić information content (AvgIpc) is 3.30. The van der Waals surface area contributed by atoms with Crippen LogP contribution < -0.4 is 160 Å². The number of amides is 4. The molecule has 4 amide bonds. The maximum Gasteiger partial charge on any atom is 1.00 e. The van der Waals surface area contributed by atoms with Gasteiger partial charge in [0.1, 0.15) is 30.9 Å². The van der Waals surface area contributed by atoms with Crippen LogP contribution >= 0.6 is 0 Å². The number of hydrogen-bond acceptors (Lipinski definition) is 12. The molecule has 0 aromatic heterocycles. The van der Waals surface area contributed by atoms with Gasteiger partial charge in [-0.1, -0.05) is 64.8 Å². The summed E-state index contributed by atoms with van der Waals surface area (Å²) in [7, 11) is -10.5. The van der Waals surface area contributed by atoms with E-state index in [0.717, 1.165) is 23.3 Å². The van der Waals surface area contributed by atoms with Crippen molar-refractivity contribution in [3.63, 3.8) is 0 Å². The molecule has 1 aliphatic carbocycles. The standard InChI is InChI=1S/C52H44N6O11S2.4Na/c1-27-22-29(3)48(57-51(61)54-33-14-8-7-9-15-33)31(5)46(27)53-34-20-21-36-41(24-34)69-42-26-40(44(71(66,67)68)25-38(42)45(36)37-17-11-13-19-43(37)70(63,64)65)55-47-28(2)23-30(4)49(32(47)6)58-52(62)56-39-18-12-10-16-35(39)50(59)60;;;;/h7-14,16-19,21-26,53H,1-6H3,(H,59,60)(H2,54,57,61)(H2,56,58,62)(H,63,64,65)(H,66,67,68);;;;/q-2;4*+1/p-2. The Labute approximate surface area is 521 Å². The van der Waals surface area contributed by atoms with Crippen LogP contribution in [0, 0.1) is 53.7 Å². The van der Waals surface area contributed by atoms with Crippen molar-refractivity contribution in [3.05, 3.63) is 166 Å². The van der Waals surface area contributed by atoms with Crippen molar-refractivity contribution in [2.45, 2.75) is 51.3 Å². The number of carbonyl (C=O) groups excluding carboxylic acids is 3. The molecule has 17 nitrogen and oxygen atoms in total. The van der Waals surface area contributed by atoms with Gasteiger partial charge in [-0.2, -0.15) is 36.4 Å². The van der Waals surface area contributed by atoms with Gasteiger partial charge in [0.2, 0.25) is 11.0 Å². The van der Waals surface area contributed by atoms with Gasteiger partial charge in [-0.15, -0.1) is 12.1 Å². The molecule has 0 fully saturated rings. The van der Waals surface area contributed by atoms with Crippen LogP contribution in [0.4, 0.5) is 49.4 Å². The molecule has 0 saturated heterocycles. The van der Waals surface area contributed by atoms with Crippen LogP contribution in [0.2, 0.25) is 0 Å². The fraction of sp³-hybridized carbons (Fsp3) is 0.115. The van der Waals surface area contributed by atoms with Gasteiger partial charge in [0.15, 0.2) is 0 Å². The molecule has 0 radical (unpaired) electrons. The smallest absolute Gasteiger partial charge is 0.744 e. The predicted molar refractivity (Wildman–Crippen MR) is 263 cm³/mol. The third-order valence-corrected chi connectivity index (χ3v) is 13.5. The van der Waals surface area contributed by atoms with Crippen LogP contribution in [-0.2, 0) is 20.2 Å². The van der Waals surface area contributed by atoms with E-state index in [1.807, 2.05) is 26.8 Å². The minimum Gasteiger partial charge on any atom is -0.744 e. The number of aryl methyl sites for hydroxylation is 4. The minimum atomic E-state index is -5.34. The van der Waals surface area contributed by atoms with Crippen molar-refractivity contribution in [1.82, 2.24) is 0 Å². The van der Waals surface area contributed by atoms with E-state index < -0.39 is 48.1 Å². The van der Waals surface area contributed by atoms with Gasteiger partial charge in [0, 0.05) is 33.5 Å². The van der Waals surface area contributed by atoms with E-state index in [0.29, 0.717) is 45.0 Å². The third kappa shape index (κ3) is 14.0. The summed E-state index contributed by atoms with van der Waals surface area (Å²) >= 11 is 0. The SMILES string of the molecule is Cc1cc(C)c(Nc2[c-]cc3c(-c4ccccc4S(=O)(=O)[O-])c4cc(S(=O)(=O)[O-])c(=[NH+]c5c(C)cc(C)c(NC(=O)Nc6ccccc6C(=O)[O-])c5C)cc-4oc3c2)c(C)c1NC(=O)Nc1[c-]cccc1.[Na+].[Na+].[Na+].[Na+]. The molecule has 8 rings (SSSR count). The molecule has 1 aliphatic heterocycles. The van der Waals surface area contributed by atoms with Crippen molar-refractivity contribution in [2.24, 2.45) is 0 Å². The first kappa shape index (κ1) is 63.2. The topological polar surface area (TPSA) is 276 Å². The van der Waals surface area contributed by atoms with Crippen LogP contribution in [0.1, 0.15) is 43.7 Å². The summed E-state index contributed by atoms with van der Waals surface area (Å²) in [5.74, 6) is -1.54. The van der Waals surface area contributed by atoms with Crippen LogP contribution in [-0.4, -0.2) is 44.0 Å². The van der Waals surface area contributed by atoms with Crippen molar-refractivity contribution in [2.75, 3.05) is 26.6 Å². The van der Waals surface area contributed by atoms with Gasteiger partial charge in [0.05, 0.1) is 34.0 Å². The number of carboxylic acids is 1. The summed E-state index contributed by atoms with van der Waals surface area (Å²) in [6.45, 7) is 10.6. The first-order valence-corrected chi connectivity index (χ1v) is 24.4. The largest absolute Gasteiger partial charge is 1.00 e. The van der Waals surface area contributed by atoms with Gasteiger partial charge in [0.25, 0.3) is 0 Å². The van der Waals surface area contributed by atoms with Gasteiger partial charge in [-0.25, -0.2) is 31.4 Å². The Balaban J connectivity index is 0.00000304. The van der Waals surface area contributed by atoms with E-state index in [2.05, 4.69) is 43.7 Å². The number of aromatic carboxylic acids is 1. The number of hydrogen-bond donors (Lipinski definition) is 6. The molecule has 0 atom stereocenters. The molecule has 2 aliphatic rings. The maximum atomic E-state index is 13.3. The summed E-state index contributed by atoms with van der Waals surface area (Å²) in [4.78, 5) is 39.8. The van der Waals surface area contributed by atoms with E-state index in [9.17, 15) is 45.4 Å². The molecule has 0 spiro atoms. The molecule has 6 aromatic rings. The zero-order chi connectivity index (χ0) is 51.1. The number of benzene rings is 7. The van der Waals surface area contributed by atoms with Crippen LogP contribution in [0.3, 0.4) is 0 Å². The summed E-state index contributed by atoms with van der Waals surface area (Å²) in [6, 6.07) is 31.7. The number of carboxylic acid groups (broad SMARTS) is 1. The first-order valence-electron chi connectivity index (χ1n) is 21.6. The van der Waals surface area contributed by atoms with E-state index in [-0.39, 0.29) is 180 Å². The Kier molecular flexibility index (Phi) is 21.8. The fourth-order valence-electron chi connectivity index (χ4n) is 8.60. The first-order chi connectivity index (χ1) is 33.6. The third-order valence-electron chi connectivity index (χ3n) is 11.7. The Morgan fingerprint density at radius 3 is 1.81 bits per heavy atom. The molecule has 0 unspecified atom stereocenters. The number of rotatable bonds is 11.